The minimum Gasteiger partial charge on any atom is -0.492 e. The molecule has 0 aliphatic carbocycles. The lowest BCUT2D eigenvalue weighted by Crippen LogP contribution is -2.55. The second-order valence-corrected chi connectivity index (χ2v) is 6.40. The second kappa shape index (κ2) is 8.34. The van der Waals surface area contributed by atoms with Crippen molar-refractivity contribution in [2.75, 3.05) is 33.3 Å². The number of hydrogen-bond donors (Lipinski definition) is 0. The maximum atomic E-state index is 12.0. The van der Waals surface area contributed by atoms with Gasteiger partial charge in [0.1, 0.15) is 12.4 Å². The van der Waals surface area contributed by atoms with Crippen molar-refractivity contribution in [1.29, 1.82) is 0 Å². The number of carbonyl (C=O) groups is 1. The minimum atomic E-state index is -0.0467. The first-order valence-electron chi connectivity index (χ1n) is 8.78. The van der Waals surface area contributed by atoms with E-state index in [-0.39, 0.29) is 11.9 Å². The van der Waals surface area contributed by atoms with Crippen LogP contribution in [0.3, 0.4) is 0 Å². The highest BCUT2D eigenvalue weighted by Crippen LogP contribution is 2.24. The van der Waals surface area contributed by atoms with Crippen LogP contribution in [0.1, 0.15) is 45.1 Å². The van der Waals surface area contributed by atoms with Crippen molar-refractivity contribution in [1.82, 2.24) is 9.80 Å². The van der Waals surface area contributed by atoms with E-state index in [4.69, 9.17) is 4.74 Å². The number of benzene rings is 1. The molecule has 0 bridgehead atoms. The summed E-state index contributed by atoms with van der Waals surface area (Å²) in [6.07, 6.45) is 2.35. The van der Waals surface area contributed by atoms with Gasteiger partial charge in [-0.1, -0.05) is 26.0 Å². The van der Waals surface area contributed by atoms with Crippen molar-refractivity contribution < 1.29 is 9.53 Å². The molecule has 1 aromatic rings. The Kier molecular flexibility index (Phi) is 6.46. The number of ether oxygens (including phenoxy) is 1. The summed E-state index contributed by atoms with van der Waals surface area (Å²) in [4.78, 5) is 16.0. The average Bonchev–Trinajstić information content (AvgIpc) is 2.57. The molecule has 1 atom stereocenters. The quantitative estimate of drug-likeness (QED) is 0.774. The fourth-order valence-electron chi connectivity index (χ4n) is 3.24. The van der Waals surface area contributed by atoms with Crippen LogP contribution in [0.4, 0.5) is 0 Å². The van der Waals surface area contributed by atoms with Gasteiger partial charge >= 0.3 is 0 Å². The first kappa shape index (κ1) is 17.8. The Morgan fingerprint density at radius 1 is 1.17 bits per heavy atom. The maximum Gasteiger partial charge on any atom is 0.239 e. The molecule has 23 heavy (non-hydrogen) atoms. The Morgan fingerprint density at radius 3 is 2.43 bits per heavy atom. The number of amides is 1. The van der Waals surface area contributed by atoms with Crippen molar-refractivity contribution in [2.24, 2.45) is 0 Å². The van der Waals surface area contributed by atoms with Crippen LogP contribution in [0.5, 0.6) is 5.75 Å². The Labute approximate surface area is 140 Å². The Hall–Kier alpha value is -1.55. The van der Waals surface area contributed by atoms with Gasteiger partial charge in [-0.2, -0.15) is 0 Å². The average molecular weight is 318 g/mol. The summed E-state index contributed by atoms with van der Waals surface area (Å²) >= 11 is 0. The third-order valence-corrected chi connectivity index (χ3v) is 4.99. The highest BCUT2D eigenvalue weighted by atomic mass is 16.5. The molecule has 4 nitrogen and oxygen atoms in total. The summed E-state index contributed by atoms with van der Waals surface area (Å²) in [5, 5.41) is 0. The standard InChI is InChI=1S/C19H30N2O2/c1-5-16(6-2)17-7-9-18(10-8-17)23-14-13-21-12-11-20(4)19(22)15(21)3/h7-10,15-16H,5-6,11-14H2,1-4H3. The summed E-state index contributed by atoms with van der Waals surface area (Å²) in [6, 6.07) is 8.43. The molecule has 4 heteroatoms. The Balaban J connectivity index is 1.81. The van der Waals surface area contributed by atoms with E-state index in [0.717, 1.165) is 25.4 Å². The number of likely N-dealkylation sites (N-methyl/N-ethyl adjacent to an activating group) is 1. The van der Waals surface area contributed by atoms with Crippen molar-refractivity contribution in [3.05, 3.63) is 29.8 Å². The van der Waals surface area contributed by atoms with Crippen molar-refractivity contribution >= 4 is 5.91 Å². The molecular weight excluding hydrogens is 288 g/mol. The van der Waals surface area contributed by atoms with Gasteiger partial charge in [-0.15, -0.1) is 0 Å². The van der Waals surface area contributed by atoms with Crippen LogP contribution in [-0.2, 0) is 4.79 Å². The first-order chi connectivity index (χ1) is 11.1. The van der Waals surface area contributed by atoms with E-state index >= 15 is 0 Å². The SMILES string of the molecule is CCC(CC)c1ccc(OCCN2CCN(C)C(=O)C2C)cc1. The molecule has 0 N–H and O–H groups in total. The van der Waals surface area contributed by atoms with Gasteiger partial charge in [-0.05, 0) is 43.4 Å². The van der Waals surface area contributed by atoms with Crippen molar-refractivity contribution in [2.45, 2.75) is 45.6 Å². The predicted molar refractivity (Wildman–Crippen MR) is 93.9 cm³/mol. The molecule has 2 rings (SSSR count). The van der Waals surface area contributed by atoms with E-state index in [0.29, 0.717) is 12.5 Å². The van der Waals surface area contributed by atoms with E-state index < -0.39 is 0 Å². The highest BCUT2D eigenvalue weighted by molar-refractivity contribution is 5.81. The summed E-state index contributed by atoms with van der Waals surface area (Å²) in [6.45, 7) is 9.56. The molecule has 1 amide bonds. The number of nitrogens with zero attached hydrogens (tertiary/aromatic N) is 2. The van der Waals surface area contributed by atoms with E-state index in [1.807, 2.05) is 14.0 Å². The molecule has 128 valence electrons. The third-order valence-electron chi connectivity index (χ3n) is 4.99. The van der Waals surface area contributed by atoms with Crippen LogP contribution in [0.2, 0.25) is 0 Å². The summed E-state index contributed by atoms with van der Waals surface area (Å²) in [7, 11) is 1.87. The van der Waals surface area contributed by atoms with Gasteiger partial charge in [0.2, 0.25) is 5.91 Å². The molecule has 1 unspecified atom stereocenters. The summed E-state index contributed by atoms with van der Waals surface area (Å²) in [5.74, 6) is 1.75. The smallest absolute Gasteiger partial charge is 0.239 e. The molecule has 1 aromatic carbocycles. The van der Waals surface area contributed by atoms with E-state index in [2.05, 4.69) is 43.0 Å². The molecule has 0 saturated carbocycles. The Bertz CT molecular complexity index is 497. The molecule has 1 aliphatic rings. The number of carbonyl (C=O) groups excluding carboxylic acids is 1. The molecule has 0 radical (unpaired) electrons. The normalized spacial score (nSPS) is 19.4. The summed E-state index contributed by atoms with van der Waals surface area (Å²) in [5.41, 5.74) is 1.39. The lowest BCUT2D eigenvalue weighted by atomic mass is 9.94. The largest absolute Gasteiger partial charge is 0.492 e. The zero-order valence-corrected chi connectivity index (χ0v) is 14.9. The zero-order chi connectivity index (χ0) is 16.8. The number of rotatable bonds is 7. The molecule has 1 fully saturated rings. The van der Waals surface area contributed by atoms with Gasteiger partial charge in [0, 0.05) is 26.7 Å². The van der Waals surface area contributed by atoms with Gasteiger partial charge in [0.15, 0.2) is 0 Å². The maximum absolute atomic E-state index is 12.0. The lowest BCUT2D eigenvalue weighted by Gasteiger charge is -2.37. The van der Waals surface area contributed by atoms with Crippen LogP contribution >= 0.6 is 0 Å². The predicted octanol–water partition coefficient (Wildman–Crippen LogP) is 3.13. The number of piperazine rings is 1. The molecule has 1 aliphatic heterocycles. The first-order valence-corrected chi connectivity index (χ1v) is 8.78. The van der Waals surface area contributed by atoms with Gasteiger partial charge in [-0.25, -0.2) is 0 Å². The van der Waals surface area contributed by atoms with Crippen molar-refractivity contribution in [3.63, 3.8) is 0 Å². The van der Waals surface area contributed by atoms with Gasteiger partial charge in [0.25, 0.3) is 0 Å². The topological polar surface area (TPSA) is 32.8 Å². The molecule has 1 saturated heterocycles. The van der Waals surface area contributed by atoms with Crippen LogP contribution in [0.15, 0.2) is 24.3 Å². The molecule has 0 spiro atoms. The minimum absolute atomic E-state index is 0.0467. The van der Waals surface area contributed by atoms with Gasteiger partial charge < -0.3 is 9.64 Å². The monoisotopic (exact) mass is 318 g/mol. The fraction of sp³-hybridized carbons (Fsp3) is 0.632. The third kappa shape index (κ3) is 4.47. The van der Waals surface area contributed by atoms with E-state index in [1.165, 1.54) is 18.4 Å². The molecule has 1 heterocycles. The second-order valence-electron chi connectivity index (χ2n) is 6.40. The van der Waals surface area contributed by atoms with Crippen molar-refractivity contribution in [3.8, 4) is 5.75 Å². The Morgan fingerprint density at radius 2 is 1.83 bits per heavy atom. The lowest BCUT2D eigenvalue weighted by molar-refractivity contribution is -0.139. The number of hydrogen-bond acceptors (Lipinski definition) is 3. The fourth-order valence-corrected chi connectivity index (χ4v) is 3.24. The zero-order valence-electron chi connectivity index (χ0n) is 14.9. The van der Waals surface area contributed by atoms with Gasteiger partial charge in [0.05, 0.1) is 6.04 Å². The van der Waals surface area contributed by atoms with Crippen LogP contribution in [0, 0.1) is 0 Å². The van der Waals surface area contributed by atoms with Crippen LogP contribution < -0.4 is 4.74 Å². The van der Waals surface area contributed by atoms with E-state index in [1.54, 1.807) is 4.90 Å². The molecular formula is C19H30N2O2. The van der Waals surface area contributed by atoms with Crippen LogP contribution in [0.25, 0.3) is 0 Å². The highest BCUT2D eigenvalue weighted by Gasteiger charge is 2.28. The van der Waals surface area contributed by atoms with Crippen LogP contribution in [-0.4, -0.2) is 55.0 Å². The van der Waals surface area contributed by atoms with Gasteiger partial charge in [-0.3, -0.25) is 9.69 Å². The van der Waals surface area contributed by atoms with E-state index in [9.17, 15) is 4.79 Å². The molecule has 0 aromatic heterocycles. The summed E-state index contributed by atoms with van der Waals surface area (Å²) < 4.78 is 5.85.